The summed E-state index contributed by atoms with van der Waals surface area (Å²) in [7, 11) is -2.41. The van der Waals surface area contributed by atoms with Crippen LogP contribution in [0.1, 0.15) is 29.7 Å². The Hall–Kier alpha value is -2.39. The van der Waals surface area contributed by atoms with Crippen molar-refractivity contribution in [3.8, 4) is 0 Å². The Kier molecular flexibility index (Phi) is 5.73. The van der Waals surface area contributed by atoms with E-state index in [1.165, 1.54) is 23.5 Å². The zero-order chi connectivity index (χ0) is 21.4. The molecule has 5 nitrogen and oxygen atoms in total. The maximum absolute atomic E-state index is 13.1. The normalized spacial score (nSPS) is 15.9. The Morgan fingerprint density at radius 2 is 1.76 bits per heavy atom. The molecule has 1 amide bonds. The summed E-state index contributed by atoms with van der Waals surface area (Å²) in [6.07, 6.45) is -4.71. The maximum atomic E-state index is 13.1. The molecule has 0 aliphatic carbocycles. The van der Waals surface area contributed by atoms with Gasteiger partial charge in [-0.2, -0.15) is 17.5 Å². The molecule has 1 atom stereocenters. The van der Waals surface area contributed by atoms with Gasteiger partial charge in [0, 0.05) is 26.2 Å². The second-order valence-corrected chi connectivity index (χ2v) is 9.01. The first-order chi connectivity index (χ1) is 13.5. The van der Waals surface area contributed by atoms with Gasteiger partial charge in [0.25, 0.3) is 0 Å². The van der Waals surface area contributed by atoms with Crippen LogP contribution in [0.15, 0.2) is 53.4 Å². The molecule has 1 aliphatic heterocycles. The van der Waals surface area contributed by atoms with Gasteiger partial charge in [0.1, 0.15) is 0 Å². The highest BCUT2D eigenvalue weighted by Crippen LogP contribution is 2.30. The molecule has 3 rings (SSSR count). The summed E-state index contributed by atoms with van der Waals surface area (Å²) < 4.78 is 65.6. The highest BCUT2D eigenvalue weighted by Gasteiger charge is 2.43. The molecule has 0 N–H and O–H groups in total. The standard InChI is InChI=1S/C20H21F3N2O3S/c1-14(15-6-4-3-5-7-15)24(2)29(27,28)18-9-8-16-10-11-25(13-17(16)12-18)19(26)20(21,22)23/h3-9,12,14H,10-11,13H2,1-2H3. The van der Waals surface area contributed by atoms with Gasteiger partial charge in [0.15, 0.2) is 0 Å². The second-order valence-electron chi connectivity index (χ2n) is 7.01. The van der Waals surface area contributed by atoms with Crippen molar-refractivity contribution in [1.29, 1.82) is 0 Å². The summed E-state index contributed by atoms with van der Waals surface area (Å²) in [4.78, 5) is 12.2. The van der Waals surface area contributed by atoms with E-state index in [2.05, 4.69) is 0 Å². The molecule has 0 fully saturated rings. The Labute approximate surface area is 167 Å². The predicted octanol–water partition coefficient (Wildman–Crippen LogP) is 3.52. The quantitative estimate of drug-likeness (QED) is 0.752. The molecule has 0 saturated carbocycles. The summed E-state index contributed by atoms with van der Waals surface area (Å²) in [6, 6.07) is 13.1. The number of fused-ring (bicyclic) bond motifs is 1. The Morgan fingerprint density at radius 3 is 2.38 bits per heavy atom. The third kappa shape index (κ3) is 4.30. The van der Waals surface area contributed by atoms with Gasteiger partial charge in [-0.15, -0.1) is 0 Å². The second kappa shape index (κ2) is 7.79. The van der Waals surface area contributed by atoms with E-state index in [-0.39, 0.29) is 24.4 Å². The van der Waals surface area contributed by atoms with Crippen LogP contribution in [-0.2, 0) is 27.8 Å². The summed E-state index contributed by atoms with van der Waals surface area (Å²) in [5, 5.41) is 0. The SMILES string of the molecule is CC(c1ccccc1)N(C)S(=O)(=O)c1ccc2c(c1)CN(C(=O)C(F)(F)F)CC2. The number of carbonyl (C=O) groups is 1. The molecule has 1 unspecified atom stereocenters. The lowest BCUT2D eigenvalue weighted by atomic mass is 10.00. The molecular formula is C20H21F3N2O3S. The van der Waals surface area contributed by atoms with Crippen molar-refractivity contribution in [3.05, 3.63) is 65.2 Å². The van der Waals surface area contributed by atoms with E-state index in [0.717, 1.165) is 11.1 Å². The number of rotatable bonds is 4. The number of alkyl halides is 3. The number of amides is 1. The lowest BCUT2D eigenvalue weighted by Gasteiger charge is -2.30. The summed E-state index contributed by atoms with van der Waals surface area (Å²) in [6.45, 7) is 1.44. The average molecular weight is 426 g/mol. The lowest BCUT2D eigenvalue weighted by molar-refractivity contribution is -0.186. The van der Waals surface area contributed by atoms with Crippen LogP contribution >= 0.6 is 0 Å². The van der Waals surface area contributed by atoms with Crippen molar-refractivity contribution in [2.75, 3.05) is 13.6 Å². The maximum Gasteiger partial charge on any atom is 0.471 e. The molecule has 0 aromatic heterocycles. The molecule has 0 saturated heterocycles. The summed E-state index contributed by atoms with van der Waals surface area (Å²) in [5.74, 6) is -1.91. The molecular weight excluding hydrogens is 405 g/mol. The zero-order valence-corrected chi connectivity index (χ0v) is 16.8. The molecule has 0 bridgehead atoms. The number of carbonyl (C=O) groups excluding carboxylic acids is 1. The van der Waals surface area contributed by atoms with Gasteiger partial charge in [0.2, 0.25) is 10.0 Å². The fraction of sp³-hybridized carbons (Fsp3) is 0.350. The van der Waals surface area contributed by atoms with Crippen molar-refractivity contribution >= 4 is 15.9 Å². The van der Waals surface area contributed by atoms with Crippen molar-refractivity contribution in [2.24, 2.45) is 0 Å². The van der Waals surface area contributed by atoms with Crippen LogP contribution in [-0.4, -0.2) is 43.3 Å². The molecule has 0 radical (unpaired) electrons. The number of hydrogen-bond acceptors (Lipinski definition) is 3. The van der Waals surface area contributed by atoms with Crippen molar-refractivity contribution < 1.29 is 26.4 Å². The van der Waals surface area contributed by atoms with Gasteiger partial charge in [-0.25, -0.2) is 8.42 Å². The molecule has 2 aromatic carbocycles. The van der Waals surface area contributed by atoms with E-state index >= 15 is 0 Å². The van der Waals surface area contributed by atoms with Gasteiger partial charge in [-0.05, 0) is 42.2 Å². The number of halogens is 3. The number of benzene rings is 2. The highest BCUT2D eigenvalue weighted by molar-refractivity contribution is 7.89. The smallest absolute Gasteiger partial charge is 0.330 e. The van der Waals surface area contributed by atoms with E-state index in [1.807, 2.05) is 30.3 Å². The number of sulfonamides is 1. The van der Waals surface area contributed by atoms with Crippen LogP contribution in [0.25, 0.3) is 0 Å². The molecule has 0 spiro atoms. The van der Waals surface area contributed by atoms with Crippen LogP contribution in [0.4, 0.5) is 13.2 Å². The van der Waals surface area contributed by atoms with E-state index in [1.54, 1.807) is 13.0 Å². The van der Waals surface area contributed by atoms with Crippen molar-refractivity contribution in [2.45, 2.75) is 37.0 Å². The van der Waals surface area contributed by atoms with Gasteiger partial charge in [-0.1, -0.05) is 36.4 Å². The monoisotopic (exact) mass is 426 g/mol. The summed E-state index contributed by atoms with van der Waals surface area (Å²) in [5.41, 5.74) is 1.98. The van der Waals surface area contributed by atoms with E-state index in [9.17, 15) is 26.4 Å². The first-order valence-corrected chi connectivity index (χ1v) is 10.5. The number of hydrogen-bond donors (Lipinski definition) is 0. The van der Waals surface area contributed by atoms with Gasteiger partial charge >= 0.3 is 12.1 Å². The highest BCUT2D eigenvalue weighted by atomic mass is 32.2. The average Bonchev–Trinajstić information content (AvgIpc) is 2.71. The van der Waals surface area contributed by atoms with Gasteiger partial charge in [0.05, 0.1) is 4.90 Å². The van der Waals surface area contributed by atoms with Crippen molar-refractivity contribution in [3.63, 3.8) is 0 Å². The van der Waals surface area contributed by atoms with E-state index < -0.39 is 28.1 Å². The van der Waals surface area contributed by atoms with Crippen LogP contribution in [0.5, 0.6) is 0 Å². The van der Waals surface area contributed by atoms with Crippen LogP contribution < -0.4 is 0 Å². The minimum atomic E-state index is -4.95. The molecule has 1 heterocycles. The minimum Gasteiger partial charge on any atom is -0.330 e. The Bertz CT molecular complexity index is 1010. The van der Waals surface area contributed by atoms with Crippen LogP contribution in [0, 0.1) is 0 Å². The van der Waals surface area contributed by atoms with E-state index in [0.29, 0.717) is 10.5 Å². The third-order valence-corrected chi connectivity index (χ3v) is 7.15. The molecule has 1 aliphatic rings. The van der Waals surface area contributed by atoms with Crippen molar-refractivity contribution in [1.82, 2.24) is 9.21 Å². The minimum absolute atomic E-state index is 0.0113. The third-order valence-electron chi connectivity index (χ3n) is 5.22. The number of nitrogens with zero attached hydrogens (tertiary/aromatic N) is 2. The predicted molar refractivity (Wildman–Crippen MR) is 101 cm³/mol. The van der Waals surface area contributed by atoms with Crippen LogP contribution in [0.2, 0.25) is 0 Å². The van der Waals surface area contributed by atoms with Crippen LogP contribution in [0.3, 0.4) is 0 Å². The molecule has 2 aromatic rings. The fourth-order valence-electron chi connectivity index (χ4n) is 3.36. The lowest BCUT2D eigenvalue weighted by Crippen LogP contribution is -2.43. The molecule has 29 heavy (non-hydrogen) atoms. The largest absolute Gasteiger partial charge is 0.471 e. The topological polar surface area (TPSA) is 57.7 Å². The Morgan fingerprint density at radius 1 is 1.10 bits per heavy atom. The Balaban J connectivity index is 1.88. The fourth-order valence-corrected chi connectivity index (χ4v) is 4.76. The van der Waals surface area contributed by atoms with Gasteiger partial charge in [-0.3, -0.25) is 4.79 Å². The zero-order valence-electron chi connectivity index (χ0n) is 16.0. The summed E-state index contributed by atoms with van der Waals surface area (Å²) >= 11 is 0. The first-order valence-electron chi connectivity index (χ1n) is 9.02. The molecule has 9 heteroatoms. The molecule has 156 valence electrons. The van der Waals surface area contributed by atoms with E-state index in [4.69, 9.17) is 0 Å². The van der Waals surface area contributed by atoms with Gasteiger partial charge < -0.3 is 4.90 Å². The first kappa shape index (κ1) is 21.3.